The summed E-state index contributed by atoms with van der Waals surface area (Å²) in [4.78, 5) is 4.40. The first kappa shape index (κ1) is 18.5. The third kappa shape index (κ3) is 3.76. The van der Waals surface area contributed by atoms with Crippen LogP contribution in [0.25, 0.3) is 11.5 Å². The number of nitrogens with zero attached hydrogens (tertiary/aromatic N) is 1. The number of halogens is 1. The van der Waals surface area contributed by atoms with Gasteiger partial charge in [0.25, 0.3) is 0 Å². The summed E-state index contributed by atoms with van der Waals surface area (Å²) in [5.74, 6) is 0.400. The van der Waals surface area contributed by atoms with Crippen LogP contribution >= 0.6 is 11.6 Å². The number of hydrogen-bond donors (Lipinski definition) is 1. The van der Waals surface area contributed by atoms with Crippen LogP contribution in [0.3, 0.4) is 0 Å². The number of rotatable bonds is 6. The summed E-state index contributed by atoms with van der Waals surface area (Å²) in [5, 5.41) is 3.44. The van der Waals surface area contributed by atoms with Crippen molar-refractivity contribution in [1.29, 1.82) is 0 Å². The number of benzene rings is 2. The molecule has 3 rings (SSSR count). The lowest BCUT2D eigenvalue weighted by atomic mass is 10.2. The maximum atomic E-state index is 13.1. The Bertz CT molecular complexity index is 983. The molecule has 1 unspecified atom stereocenters. The van der Waals surface area contributed by atoms with Gasteiger partial charge in [0.2, 0.25) is 26.6 Å². The Labute approximate surface area is 157 Å². The molecule has 0 spiro atoms. The Hall–Kier alpha value is -2.31. The second-order valence-electron chi connectivity index (χ2n) is 5.93. The Morgan fingerprint density at radius 1 is 1.12 bits per heavy atom. The molecule has 1 aromatic heterocycles. The van der Waals surface area contributed by atoms with Crippen molar-refractivity contribution in [2.75, 3.05) is 5.32 Å². The summed E-state index contributed by atoms with van der Waals surface area (Å²) in [7, 11) is -3.85. The van der Waals surface area contributed by atoms with Crippen LogP contribution in [0.15, 0.2) is 68.9 Å². The zero-order valence-electron chi connectivity index (χ0n) is 14.4. The van der Waals surface area contributed by atoms with E-state index in [0.29, 0.717) is 10.6 Å². The standard InChI is InChI=1S/C19H19ClN2O3S/c1-3-13(2)21-18-19(22-17(25-18)14-7-5-4-6-8-14)26(23,24)16-11-9-15(20)10-12-16/h4-13,21H,3H2,1-2H3. The third-order valence-electron chi connectivity index (χ3n) is 3.99. The highest BCUT2D eigenvalue weighted by molar-refractivity contribution is 7.91. The second kappa shape index (κ2) is 7.51. The molecule has 1 heterocycles. The summed E-state index contributed by atoms with van der Waals surface area (Å²) < 4.78 is 31.9. The van der Waals surface area contributed by atoms with Gasteiger partial charge in [-0.05, 0) is 49.7 Å². The van der Waals surface area contributed by atoms with Gasteiger partial charge >= 0.3 is 0 Å². The average molecular weight is 391 g/mol. The van der Waals surface area contributed by atoms with Gasteiger partial charge in [-0.2, -0.15) is 4.98 Å². The Kier molecular flexibility index (Phi) is 5.34. The van der Waals surface area contributed by atoms with Crippen LogP contribution < -0.4 is 5.32 Å². The van der Waals surface area contributed by atoms with E-state index in [4.69, 9.17) is 16.0 Å². The van der Waals surface area contributed by atoms with Crippen molar-refractivity contribution in [2.45, 2.75) is 36.2 Å². The molecule has 0 bridgehead atoms. The van der Waals surface area contributed by atoms with E-state index in [-0.39, 0.29) is 27.7 Å². The van der Waals surface area contributed by atoms with Crippen molar-refractivity contribution in [2.24, 2.45) is 0 Å². The lowest BCUT2D eigenvalue weighted by Gasteiger charge is -2.11. The van der Waals surface area contributed by atoms with Gasteiger partial charge in [0, 0.05) is 16.6 Å². The highest BCUT2D eigenvalue weighted by Gasteiger charge is 2.29. The molecule has 0 aliphatic carbocycles. The van der Waals surface area contributed by atoms with Gasteiger partial charge in [0.05, 0.1) is 4.90 Å². The van der Waals surface area contributed by atoms with Crippen molar-refractivity contribution in [3.63, 3.8) is 0 Å². The molecule has 2 aromatic carbocycles. The summed E-state index contributed by atoms with van der Waals surface area (Å²) >= 11 is 5.87. The highest BCUT2D eigenvalue weighted by Crippen LogP contribution is 2.33. The summed E-state index contributed by atoms with van der Waals surface area (Å²) in [6, 6.07) is 15.2. The monoisotopic (exact) mass is 390 g/mol. The molecule has 3 aromatic rings. The SMILES string of the molecule is CCC(C)Nc1oc(-c2ccccc2)nc1S(=O)(=O)c1ccc(Cl)cc1. The predicted molar refractivity (Wildman–Crippen MR) is 102 cm³/mol. The van der Waals surface area contributed by atoms with Crippen LogP contribution in [0, 0.1) is 0 Å². The van der Waals surface area contributed by atoms with E-state index in [9.17, 15) is 8.42 Å². The molecule has 1 N–H and O–H groups in total. The molecule has 0 aliphatic heterocycles. The molecule has 136 valence electrons. The van der Waals surface area contributed by atoms with Crippen molar-refractivity contribution in [1.82, 2.24) is 4.98 Å². The molecular formula is C19H19ClN2O3S. The first-order valence-corrected chi connectivity index (χ1v) is 10.1. The summed E-state index contributed by atoms with van der Waals surface area (Å²) in [6.07, 6.45) is 0.807. The van der Waals surface area contributed by atoms with Crippen molar-refractivity contribution in [3.8, 4) is 11.5 Å². The fourth-order valence-corrected chi connectivity index (χ4v) is 3.73. The topological polar surface area (TPSA) is 72.2 Å². The van der Waals surface area contributed by atoms with Gasteiger partial charge in [0.1, 0.15) is 0 Å². The first-order valence-electron chi connectivity index (χ1n) is 8.25. The molecule has 0 amide bonds. The molecule has 0 radical (unpaired) electrons. The minimum atomic E-state index is -3.85. The van der Waals surface area contributed by atoms with Gasteiger partial charge in [-0.3, -0.25) is 0 Å². The Morgan fingerprint density at radius 2 is 1.77 bits per heavy atom. The smallest absolute Gasteiger partial charge is 0.234 e. The largest absolute Gasteiger partial charge is 0.419 e. The molecule has 1 atom stereocenters. The highest BCUT2D eigenvalue weighted by atomic mass is 35.5. The summed E-state index contributed by atoms with van der Waals surface area (Å²) in [5.41, 5.74) is 0.706. The molecular weight excluding hydrogens is 372 g/mol. The minimum Gasteiger partial charge on any atom is -0.419 e. The van der Waals surface area contributed by atoms with Crippen LogP contribution in [0.5, 0.6) is 0 Å². The van der Waals surface area contributed by atoms with Gasteiger partial charge < -0.3 is 9.73 Å². The zero-order chi connectivity index (χ0) is 18.7. The van der Waals surface area contributed by atoms with Crippen molar-refractivity contribution < 1.29 is 12.8 Å². The van der Waals surface area contributed by atoms with E-state index in [1.807, 2.05) is 44.2 Å². The number of nitrogens with one attached hydrogen (secondary N) is 1. The molecule has 0 saturated heterocycles. The van der Waals surface area contributed by atoms with E-state index in [2.05, 4.69) is 10.3 Å². The normalized spacial score (nSPS) is 12.7. The van der Waals surface area contributed by atoms with Crippen LogP contribution in [0.1, 0.15) is 20.3 Å². The summed E-state index contributed by atoms with van der Waals surface area (Å²) in [6.45, 7) is 3.95. The number of hydrogen-bond acceptors (Lipinski definition) is 5. The minimum absolute atomic E-state index is 0.0331. The number of sulfone groups is 1. The maximum absolute atomic E-state index is 13.1. The van der Waals surface area contributed by atoms with Crippen molar-refractivity contribution in [3.05, 3.63) is 59.6 Å². The second-order valence-corrected chi connectivity index (χ2v) is 8.23. The lowest BCUT2D eigenvalue weighted by Crippen LogP contribution is -2.15. The molecule has 0 fully saturated rings. The molecule has 7 heteroatoms. The van der Waals surface area contributed by atoms with E-state index < -0.39 is 9.84 Å². The maximum Gasteiger partial charge on any atom is 0.234 e. The van der Waals surface area contributed by atoms with E-state index in [1.54, 1.807) is 0 Å². The first-order chi connectivity index (χ1) is 12.4. The van der Waals surface area contributed by atoms with Gasteiger partial charge in [-0.15, -0.1) is 0 Å². The fraction of sp³-hybridized carbons (Fsp3) is 0.211. The Balaban J connectivity index is 2.12. The zero-order valence-corrected chi connectivity index (χ0v) is 16.0. The third-order valence-corrected chi connectivity index (χ3v) is 5.92. The van der Waals surface area contributed by atoms with Crippen LogP contribution in [0.2, 0.25) is 5.02 Å². The predicted octanol–water partition coefficient (Wildman–Crippen LogP) is 5.04. The van der Waals surface area contributed by atoms with E-state index >= 15 is 0 Å². The van der Waals surface area contributed by atoms with Gasteiger partial charge in [0.15, 0.2) is 0 Å². The van der Waals surface area contributed by atoms with Gasteiger partial charge in [-0.25, -0.2) is 8.42 Å². The van der Waals surface area contributed by atoms with Crippen LogP contribution in [-0.4, -0.2) is 19.4 Å². The van der Waals surface area contributed by atoms with E-state index in [0.717, 1.165) is 6.42 Å². The van der Waals surface area contributed by atoms with Gasteiger partial charge in [-0.1, -0.05) is 36.7 Å². The number of aromatic nitrogens is 1. The quantitative estimate of drug-likeness (QED) is 0.638. The number of oxazole rings is 1. The van der Waals surface area contributed by atoms with E-state index in [1.165, 1.54) is 24.3 Å². The molecule has 0 saturated carbocycles. The molecule has 5 nitrogen and oxygen atoms in total. The molecule has 0 aliphatic rings. The van der Waals surface area contributed by atoms with Crippen LogP contribution in [-0.2, 0) is 9.84 Å². The Morgan fingerprint density at radius 3 is 2.38 bits per heavy atom. The number of anilines is 1. The molecule has 26 heavy (non-hydrogen) atoms. The average Bonchev–Trinajstić information content (AvgIpc) is 3.07. The fourth-order valence-electron chi connectivity index (χ4n) is 2.33. The van der Waals surface area contributed by atoms with Crippen LogP contribution in [0.4, 0.5) is 5.88 Å². The lowest BCUT2D eigenvalue weighted by molar-refractivity contribution is 0.566. The van der Waals surface area contributed by atoms with Crippen molar-refractivity contribution >= 4 is 27.3 Å².